The van der Waals surface area contributed by atoms with Crippen molar-refractivity contribution in [3.8, 4) is 0 Å². The smallest absolute Gasteiger partial charge is 0.350 e. The molecule has 1 saturated carbocycles. The van der Waals surface area contributed by atoms with Crippen molar-refractivity contribution in [2.45, 2.75) is 31.3 Å². The van der Waals surface area contributed by atoms with Crippen LogP contribution in [0.1, 0.15) is 40.5 Å². The van der Waals surface area contributed by atoms with Gasteiger partial charge in [0.25, 0.3) is 0 Å². The van der Waals surface area contributed by atoms with Gasteiger partial charge >= 0.3 is 5.97 Å². The Bertz CT molecular complexity index is 538. The molecule has 1 unspecified atom stereocenters. The van der Waals surface area contributed by atoms with E-state index in [0.717, 1.165) is 18.5 Å². The van der Waals surface area contributed by atoms with Gasteiger partial charge in [-0.3, -0.25) is 9.69 Å². The summed E-state index contributed by atoms with van der Waals surface area (Å²) in [6, 6.07) is 0. The third-order valence-corrected chi connectivity index (χ3v) is 4.39. The van der Waals surface area contributed by atoms with E-state index < -0.39 is 12.1 Å². The molecule has 0 bridgehead atoms. The normalized spacial score (nSPS) is 22.9. The number of nitrogens with zero attached hydrogens (tertiary/aromatic N) is 2. The summed E-state index contributed by atoms with van der Waals surface area (Å²) in [6.07, 6.45) is 1.50. The fraction of sp³-hybridized carbons (Fsp3) is 0.583. The van der Waals surface area contributed by atoms with Gasteiger partial charge < -0.3 is 9.84 Å². The summed E-state index contributed by atoms with van der Waals surface area (Å²) in [4.78, 5) is 29.8. The summed E-state index contributed by atoms with van der Waals surface area (Å²) in [6.45, 7) is 0.247. The first kappa shape index (κ1) is 12.6. The largest absolute Gasteiger partial charge is 0.465 e. The van der Waals surface area contributed by atoms with Crippen LogP contribution < -0.4 is 4.90 Å². The topological polar surface area (TPSA) is 79.7 Å². The number of hydrogen-bond acceptors (Lipinski definition) is 6. The minimum absolute atomic E-state index is 0.117. The lowest BCUT2D eigenvalue weighted by Crippen LogP contribution is -2.25. The third kappa shape index (κ3) is 2.23. The number of esters is 1. The van der Waals surface area contributed by atoms with Crippen LogP contribution in [0.4, 0.5) is 5.13 Å². The molecular formula is C12H14N2O4S. The molecule has 3 rings (SSSR count). The fourth-order valence-corrected chi connectivity index (χ4v) is 3.28. The number of thiazole rings is 1. The molecule has 0 spiro atoms. The molecule has 1 N–H and O–H groups in total. The van der Waals surface area contributed by atoms with Crippen molar-refractivity contribution in [2.24, 2.45) is 0 Å². The summed E-state index contributed by atoms with van der Waals surface area (Å²) >= 11 is 1.17. The summed E-state index contributed by atoms with van der Waals surface area (Å²) < 4.78 is 4.76. The van der Waals surface area contributed by atoms with Gasteiger partial charge in [-0.15, -0.1) is 0 Å². The number of anilines is 1. The second-order valence-corrected chi connectivity index (χ2v) is 5.82. The maximum absolute atomic E-state index is 11.7. The Morgan fingerprint density at radius 1 is 1.53 bits per heavy atom. The van der Waals surface area contributed by atoms with Crippen LogP contribution in [0.25, 0.3) is 0 Å². The van der Waals surface area contributed by atoms with Crippen LogP contribution >= 0.6 is 11.3 Å². The number of ether oxygens (including phenoxy) is 1. The lowest BCUT2D eigenvalue weighted by molar-refractivity contribution is -0.117. The second-order valence-electron chi connectivity index (χ2n) is 4.84. The zero-order valence-corrected chi connectivity index (χ0v) is 11.3. The van der Waals surface area contributed by atoms with Gasteiger partial charge in [-0.2, -0.15) is 0 Å². The Morgan fingerprint density at radius 2 is 2.26 bits per heavy atom. The summed E-state index contributed by atoms with van der Waals surface area (Å²) in [5, 5.41) is 10.00. The van der Waals surface area contributed by atoms with E-state index in [1.165, 1.54) is 23.3 Å². The van der Waals surface area contributed by atoms with Gasteiger partial charge in [-0.1, -0.05) is 11.3 Å². The number of aliphatic hydroxyl groups is 1. The zero-order chi connectivity index (χ0) is 13.6. The van der Waals surface area contributed by atoms with E-state index in [0.29, 0.717) is 15.9 Å². The van der Waals surface area contributed by atoms with Crippen LogP contribution in [-0.4, -0.2) is 41.7 Å². The zero-order valence-electron chi connectivity index (χ0n) is 10.5. The lowest BCUT2D eigenvalue weighted by atomic mass is 10.2. The van der Waals surface area contributed by atoms with Crippen LogP contribution in [0.2, 0.25) is 0 Å². The van der Waals surface area contributed by atoms with Crippen LogP contribution in [0.5, 0.6) is 0 Å². The highest BCUT2D eigenvalue weighted by molar-refractivity contribution is 7.17. The predicted octanol–water partition coefficient (Wildman–Crippen LogP) is 0.905. The van der Waals surface area contributed by atoms with Gasteiger partial charge in [0, 0.05) is 5.92 Å². The van der Waals surface area contributed by atoms with Crippen LogP contribution in [0.3, 0.4) is 0 Å². The van der Waals surface area contributed by atoms with Crippen molar-refractivity contribution in [2.75, 3.05) is 18.6 Å². The van der Waals surface area contributed by atoms with Gasteiger partial charge in [-0.25, -0.2) is 9.78 Å². The average Bonchev–Trinajstić information content (AvgIpc) is 3.05. The first-order valence-electron chi connectivity index (χ1n) is 6.17. The summed E-state index contributed by atoms with van der Waals surface area (Å²) in [5.41, 5.74) is 0.737. The maximum Gasteiger partial charge on any atom is 0.350 e. The number of aromatic nitrogens is 1. The molecule has 1 aliphatic carbocycles. The molecule has 102 valence electrons. The second kappa shape index (κ2) is 4.57. The van der Waals surface area contributed by atoms with E-state index in [1.54, 1.807) is 0 Å². The van der Waals surface area contributed by atoms with Gasteiger partial charge in [0.05, 0.1) is 31.9 Å². The Hall–Kier alpha value is -1.47. The first-order chi connectivity index (χ1) is 9.10. The molecule has 1 saturated heterocycles. The number of hydrogen-bond donors (Lipinski definition) is 1. The van der Waals surface area contributed by atoms with Crippen molar-refractivity contribution < 1.29 is 19.4 Å². The number of aliphatic hydroxyl groups excluding tert-OH is 1. The molecular weight excluding hydrogens is 268 g/mol. The molecule has 0 radical (unpaired) electrons. The maximum atomic E-state index is 11.7. The molecule has 2 heterocycles. The van der Waals surface area contributed by atoms with Crippen molar-refractivity contribution in [1.29, 1.82) is 0 Å². The molecule has 2 fully saturated rings. The number of amides is 1. The van der Waals surface area contributed by atoms with E-state index in [2.05, 4.69) is 4.98 Å². The number of carbonyl (C=O) groups excluding carboxylic acids is 2. The molecule has 1 aliphatic heterocycles. The van der Waals surface area contributed by atoms with Crippen LogP contribution in [-0.2, 0) is 9.53 Å². The van der Waals surface area contributed by atoms with E-state index in [9.17, 15) is 14.7 Å². The van der Waals surface area contributed by atoms with Gasteiger partial charge in [0.2, 0.25) is 5.91 Å². The Balaban J connectivity index is 1.94. The molecule has 1 aromatic heterocycles. The molecule has 1 amide bonds. The average molecular weight is 282 g/mol. The number of carbonyl (C=O) groups is 2. The highest BCUT2D eigenvalue weighted by atomic mass is 32.1. The monoisotopic (exact) mass is 282 g/mol. The molecule has 1 aromatic rings. The number of rotatable bonds is 3. The predicted molar refractivity (Wildman–Crippen MR) is 68.4 cm³/mol. The number of β-amino-alcohol motifs (C(OH)–C–C–N with tert-alkyl or cyclic N) is 1. The third-order valence-electron chi connectivity index (χ3n) is 3.31. The van der Waals surface area contributed by atoms with Crippen molar-refractivity contribution in [3.05, 3.63) is 10.6 Å². The van der Waals surface area contributed by atoms with Crippen LogP contribution in [0, 0.1) is 0 Å². The Morgan fingerprint density at radius 3 is 2.79 bits per heavy atom. The fourth-order valence-electron chi connectivity index (χ4n) is 2.18. The van der Waals surface area contributed by atoms with Crippen molar-refractivity contribution in [1.82, 2.24) is 4.98 Å². The minimum Gasteiger partial charge on any atom is -0.465 e. The van der Waals surface area contributed by atoms with E-state index >= 15 is 0 Å². The SMILES string of the molecule is COC(=O)c1sc(N2CC(O)CC2=O)nc1C1CC1. The molecule has 19 heavy (non-hydrogen) atoms. The van der Waals surface area contributed by atoms with E-state index in [1.807, 2.05) is 0 Å². The molecule has 1 atom stereocenters. The first-order valence-corrected chi connectivity index (χ1v) is 6.99. The standard InChI is InChI=1S/C12H14N2O4S/c1-18-11(17)10-9(6-2-3-6)13-12(19-10)14-5-7(15)4-8(14)16/h6-7,15H,2-5H2,1H3. The summed E-state index contributed by atoms with van der Waals surface area (Å²) in [5.74, 6) is -0.250. The molecule has 0 aromatic carbocycles. The highest BCUT2D eigenvalue weighted by Crippen LogP contribution is 2.44. The quantitative estimate of drug-likeness (QED) is 0.833. The van der Waals surface area contributed by atoms with Crippen molar-refractivity contribution >= 4 is 28.3 Å². The summed E-state index contributed by atoms with van der Waals surface area (Å²) in [7, 11) is 1.34. The van der Waals surface area contributed by atoms with E-state index in [-0.39, 0.29) is 18.9 Å². The number of methoxy groups -OCH3 is 1. The molecule has 2 aliphatic rings. The lowest BCUT2D eigenvalue weighted by Gasteiger charge is -2.10. The van der Waals surface area contributed by atoms with Gasteiger partial charge in [-0.05, 0) is 12.8 Å². The Kier molecular flexibility index (Phi) is 3.02. The van der Waals surface area contributed by atoms with Gasteiger partial charge in [0.1, 0.15) is 4.88 Å². The van der Waals surface area contributed by atoms with Crippen molar-refractivity contribution in [3.63, 3.8) is 0 Å². The Labute approximate surface area is 114 Å². The van der Waals surface area contributed by atoms with Crippen LogP contribution in [0.15, 0.2) is 0 Å². The highest BCUT2D eigenvalue weighted by Gasteiger charge is 2.36. The minimum atomic E-state index is -0.651. The van der Waals surface area contributed by atoms with Gasteiger partial charge in [0.15, 0.2) is 5.13 Å². The van der Waals surface area contributed by atoms with E-state index in [4.69, 9.17) is 4.74 Å². The molecule has 6 nitrogen and oxygen atoms in total. The molecule has 7 heteroatoms.